The molecule has 1 fully saturated rings. The molecule has 35 heavy (non-hydrogen) atoms. The van der Waals surface area contributed by atoms with Crippen LogP contribution in [0.25, 0.3) is 0 Å². The van der Waals surface area contributed by atoms with Gasteiger partial charge >= 0.3 is 0 Å². The second-order valence-corrected chi connectivity index (χ2v) is 8.10. The number of nitrogens with two attached hydrogens (primary N) is 1. The highest BCUT2D eigenvalue weighted by molar-refractivity contribution is 5.84. The maximum Gasteiger partial charge on any atom is 0.240 e. The van der Waals surface area contributed by atoms with Crippen molar-refractivity contribution in [2.75, 3.05) is 43.2 Å². The molecule has 1 aliphatic rings. The maximum absolute atomic E-state index is 12.9. The van der Waals surface area contributed by atoms with Crippen LogP contribution in [0, 0.1) is 11.3 Å². The normalized spacial score (nSPS) is 15.0. The summed E-state index contributed by atoms with van der Waals surface area (Å²) in [5.74, 6) is 0.916. The molecule has 9 nitrogen and oxygen atoms in total. The van der Waals surface area contributed by atoms with Crippen molar-refractivity contribution in [3.8, 4) is 11.8 Å². The minimum Gasteiger partial charge on any atom is -0.496 e. The molecule has 4 rings (SSSR count). The van der Waals surface area contributed by atoms with Gasteiger partial charge in [-0.25, -0.2) is 4.98 Å². The number of amides is 1. The first-order chi connectivity index (χ1) is 17.1. The fourth-order valence-electron chi connectivity index (χ4n) is 4.22. The molecule has 0 bridgehead atoms. The Hall–Kier alpha value is -4.16. The van der Waals surface area contributed by atoms with Gasteiger partial charge in [0.1, 0.15) is 23.7 Å². The molecule has 1 aliphatic heterocycles. The highest BCUT2D eigenvalue weighted by Crippen LogP contribution is 2.34. The van der Waals surface area contributed by atoms with E-state index in [0.717, 1.165) is 5.56 Å². The summed E-state index contributed by atoms with van der Waals surface area (Å²) in [6.07, 6.45) is 1.94. The van der Waals surface area contributed by atoms with Gasteiger partial charge in [-0.3, -0.25) is 4.79 Å². The number of hydrogen-bond donors (Lipinski definition) is 1. The molecule has 2 N–H and O–H groups in total. The number of morpholine rings is 1. The van der Waals surface area contributed by atoms with E-state index in [-0.39, 0.29) is 0 Å². The Labute approximate surface area is 204 Å². The van der Waals surface area contributed by atoms with Gasteiger partial charge in [-0.1, -0.05) is 48.5 Å². The molecule has 2 heterocycles. The third-order valence-corrected chi connectivity index (χ3v) is 5.96. The van der Waals surface area contributed by atoms with Gasteiger partial charge < -0.3 is 25.0 Å². The average molecular weight is 473 g/mol. The minimum atomic E-state index is -0.889. The number of carbonyl (C=O) groups excluding carboxylic acids is 1. The number of para-hydroxylation sites is 1. The number of methoxy groups -OCH3 is 1. The summed E-state index contributed by atoms with van der Waals surface area (Å²) in [4.78, 5) is 25.8. The molecule has 1 aromatic heterocycles. The number of aromatic nitrogens is 2. The summed E-state index contributed by atoms with van der Waals surface area (Å²) in [6.45, 7) is 2.47. The predicted molar refractivity (Wildman–Crippen MR) is 132 cm³/mol. The van der Waals surface area contributed by atoms with E-state index in [1.807, 2.05) is 53.4 Å². The predicted octanol–water partition coefficient (Wildman–Crippen LogP) is 2.49. The number of primary amides is 1. The first-order valence-electron chi connectivity index (χ1n) is 11.4. The van der Waals surface area contributed by atoms with Gasteiger partial charge in [0.05, 0.1) is 26.4 Å². The Bertz CT molecular complexity index is 1180. The van der Waals surface area contributed by atoms with E-state index in [1.54, 1.807) is 30.3 Å². The number of ether oxygens (including phenoxy) is 2. The highest BCUT2D eigenvalue weighted by atomic mass is 16.5. The molecule has 0 spiro atoms. The second-order valence-electron chi connectivity index (χ2n) is 8.10. The SMILES string of the molecule is COc1ccccc1C(C#N)N(c1ccnc(N2CCOCC2)n1)[C@@H](Cc1ccccc1)C(N)=O. The highest BCUT2D eigenvalue weighted by Gasteiger charge is 2.34. The molecule has 2 aromatic carbocycles. The zero-order valence-corrected chi connectivity index (χ0v) is 19.6. The fourth-order valence-corrected chi connectivity index (χ4v) is 4.22. The summed E-state index contributed by atoms with van der Waals surface area (Å²) >= 11 is 0. The van der Waals surface area contributed by atoms with E-state index in [9.17, 15) is 10.1 Å². The van der Waals surface area contributed by atoms with Gasteiger partial charge in [-0.05, 0) is 17.7 Å². The summed E-state index contributed by atoms with van der Waals surface area (Å²) < 4.78 is 11.0. The quantitative estimate of drug-likeness (QED) is 0.505. The van der Waals surface area contributed by atoms with Crippen molar-refractivity contribution in [1.82, 2.24) is 9.97 Å². The lowest BCUT2D eigenvalue weighted by molar-refractivity contribution is -0.119. The number of benzene rings is 2. The molecule has 180 valence electrons. The van der Waals surface area contributed by atoms with E-state index in [4.69, 9.17) is 20.2 Å². The largest absolute Gasteiger partial charge is 0.496 e. The lowest BCUT2D eigenvalue weighted by Gasteiger charge is -2.36. The summed E-state index contributed by atoms with van der Waals surface area (Å²) in [6, 6.07) is 19.1. The Morgan fingerprint density at radius 2 is 1.89 bits per heavy atom. The Balaban J connectivity index is 1.82. The smallest absolute Gasteiger partial charge is 0.240 e. The average Bonchev–Trinajstić information content (AvgIpc) is 2.91. The molecular weight excluding hydrogens is 444 g/mol. The summed E-state index contributed by atoms with van der Waals surface area (Å²) in [5.41, 5.74) is 7.48. The molecule has 0 radical (unpaired) electrons. The number of anilines is 2. The summed E-state index contributed by atoms with van der Waals surface area (Å²) in [7, 11) is 1.55. The molecule has 3 aromatic rings. The second kappa shape index (κ2) is 11.3. The Morgan fingerprint density at radius 3 is 2.57 bits per heavy atom. The van der Waals surface area contributed by atoms with Crippen LogP contribution in [0.1, 0.15) is 17.2 Å². The van der Waals surface area contributed by atoms with Gasteiger partial charge in [0.15, 0.2) is 0 Å². The third kappa shape index (κ3) is 5.50. The van der Waals surface area contributed by atoms with Gasteiger partial charge in [0, 0.05) is 31.3 Å². The van der Waals surface area contributed by atoms with Crippen LogP contribution in [0.5, 0.6) is 5.75 Å². The Morgan fingerprint density at radius 1 is 1.17 bits per heavy atom. The maximum atomic E-state index is 12.9. The van der Waals surface area contributed by atoms with E-state index in [2.05, 4.69) is 11.1 Å². The number of hydrogen-bond acceptors (Lipinski definition) is 8. The van der Waals surface area contributed by atoms with Gasteiger partial charge in [-0.15, -0.1) is 0 Å². The van der Waals surface area contributed by atoms with Crippen molar-refractivity contribution in [1.29, 1.82) is 5.26 Å². The van der Waals surface area contributed by atoms with Crippen LogP contribution in [0.3, 0.4) is 0 Å². The third-order valence-electron chi connectivity index (χ3n) is 5.96. The van der Waals surface area contributed by atoms with E-state index >= 15 is 0 Å². The number of nitriles is 1. The minimum absolute atomic E-state index is 0.306. The van der Waals surface area contributed by atoms with Crippen LogP contribution in [-0.2, 0) is 16.0 Å². The first kappa shape index (κ1) is 24.0. The van der Waals surface area contributed by atoms with Crippen LogP contribution in [0.15, 0.2) is 66.9 Å². The van der Waals surface area contributed by atoms with E-state index < -0.39 is 18.0 Å². The van der Waals surface area contributed by atoms with Crippen molar-refractivity contribution in [3.63, 3.8) is 0 Å². The fraction of sp³-hybridized carbons (Fsp3) is 0.308. The number of rotatable bonds is 9. The van der Waals surface area contributed by atoms with Crippen LogP contribution in [-0.4, -0.2) is 55.3 Å². The lowest BCUT2D eigenvalue weighted by atomic mass is 9.98. The van der Waals surface area contributed by atoms with Crippen molar-refractivity contribution < 1.29 is 14.3 Å². The molecule has 1 saturated heterocycles. The summed E-state index contributed by atoms with van der Waals surface area (Å²) in [5, 5.41) is 10.4. The monoisotopic (exact) mass is 472 g/mol. The van der Waals surface area contributed by atoms with Crippen molar-refractivity contribution >= 4 is 17.7 Å². The van der Waals surface area contributed by atoms with Crippen molar-refractivity contribution in [2.45, 2.75) is 18.5 Å². The lowest BCUT2D eigenvalue weighted by Crippen LogP contribution is -2.48. The van der Waals surface area contributed by atoms with Crippen LogP contribution in [0.4, 0.5) is 11.8 Å². The number of carbonyl (C=O) groups is 1. The van der Waals surface area contributed by atoms with Gasteiger partial charge in [-0.2, -0.15) is 10.2 Å². The molecular formula is C26H28N6O3. The zero-order chi connectivity index (χ0) is 24.6. The molecule has 1 unspecified atom stereocenters. The van der Waals surface area contributed by atoms with Crippen LogP contribution >= 0.6 is 0 Å². The van der Waals surface area contributed by atoms with Crippen LogP contribution < -0.4 is 20.3 Å². The molecule has 1 amide bonds. The first-order valence-corrected chi connectivity index (χ1v) is 11.4. The van der Waals surface area contributed by atoms with Gasteiger partial charge in [0.25, 0.3) is 0 Å². The van der Waals surface area contributed by atoms with E-state index in [1.165, 1.54) is 0 Å². The van der Waals surface area contributed by atoms with Crippen molar-refractivity contribution in [3.05, 3.63) is 78.0 Å². The van der Waals surface area contributed by atoms with Gasteiger partial charge in [0.2, 0.25) is 11.9 Å². The topological polar surface area (TPSA) is 118 Å². The standard InChI is InChI=1S/C26H28N6O3/c1-34-23-10-6-5-9-20(23)22(18-27)32(21(25(28)33)17-19-7-3-2-4-8-19)24-11-12-29-26(30-24)31-13-15-35-16-14-31/h2-12,21-22H,13-17H2,1H3,(H2,28,33)/t21-,22?/m0/s1. The molecule has 0 aliphatic carbocycles. The molecule has 0 saturated carbocycles. The Kier molecular flexibility index (Phi) is 7.75. The molecule has 2 atom stereocenters. The van der Waals surface area contributed by atoms with E-state index in [0.29, 0.717) is 55.8 Å². The zero-order valence-electron chi connectivity index (χ0n) is 19.6. The number of nitrogens with zero attached hydrogens (tertiary/aromatic N) is 5. The molecule has 9 heteroatoms. The van der Waals surface area contributed by atoms with Crippen molar-refractivity contribution in [2.24, 2.45) is 5.73 Å². The van der Waals surface area contributed by atoms with Crippen LogP contribution in [0.2, 0.25) is 0 Å².